The van der Waals surface area contributed by atoms with Gasteiger partial charge < -0.3 is 24.7 Å². The minimum Gasteiger partial charge on any atom is -0.455 e. The molecule has 4 fully saturated rings. The summed E-state index contributed by atoms with van der Waals surface area (Å²) < 4.78 is 41.2. The van der Waals surface area contributed by atoms with Crippen LogP contribution in [0.15, 0.2) is 90.1 Å². The maximum atomic E-state index is 13.9. The highest BCUT2D eigenvalue weighted by atomic mass is 35.5. The van der Waals surface area contributed by atoms with Crippen molar-refractivity contribution in [2.24, 2.45) is 11.3 Å². The average Bonchev–Trinajstić information content (AvgIpc) is 3.92. The smallest absolute Gasteiger partial charge is 0.293 e. The highest BCUT2D eigenvalue weighted by molar-refractivity contribution is 7.90. The maximum Gasteiger partial charge on any atom is 0.293 e. The summed E-state index contributed by atoms with van der Waals surface area (Å²) in [6.45, 7) is 4.50. The van der Waals surface area contributed by atoms with Crippen LogP contribution in [-0.4, -0.2) is 79.6 Å². The Balaban J connectivity index is 0.907. The number of nitro groups is 1. The molecule has 0 unspecified atom stereocenters. The SMILES string of the molecule is O=C(NS(=O)(=O)c1ccc(NCC2CCOCC2)c([N+](=O)[O-])c1)c1ccc(N2CCC3(CC2)CC(N2CCC[C@H]2c2ccccc2Cl)C3)cc1Oc1cnc2[nH]ccc2c1. The van der Waals surface area contributed by atoms with Gasteiger partial charge in [-0.2, -0.15) is 0 Å². The Bertz CT molecular complexity index is 2510. The Labute approximate surface area is 353 Å². The van der Waals surface area contributed by atoms with E-state index >= 15 is 0 Å². The number of rotatable bonds is 12. The standard InChI is InChI=1S/C44H48ClN7O7S/c45-37-5-2-1-4-35(37)39-6-3-17-51(39)32-25-44(26-32)14-18-50(19-15-44)31-7-9-36(41(23-31)59-33-22-30-11-16-46-42(30)48-28-33)43(53)49-60(56,57)34-8-10-38(40(24-34)52(54)55)47-27-29-12-20-58-21-13-29/h1-2,4-5,7-11,16,22-24,28-29,32,39,47H,3,6,12-15,17-21,25-27H2,(H,46,48)(H,49,53)/t39-/m0/s1. The Morgan fingerprint density at radius 3 is 2.60 bits per heavy atom. The van der Waals surface area contributed by atoms with E-state index in [9.17, 15) is 23.3 Å². The number of nitrogens with zero attached hydrogens (tertiary/aromatic N) is 4. The largest absolute Gasteiger partial charge is 0.455 e. The van der Waals surface area contributed by atoms with Gasteiger partial charge in [0.1, 0.15) is 22.8 Å². The molecule has 3 aliphatic heterocycles. The number of likely N-dealkylation sites (tertiary alicyclic amines) is 1. The molecule has 1 atom stereocenters. The van der Waals surface area contributed by atoms with Crippen molar-refractivity contribution in [2.75, 3.05) is 49.6 Å². The van der Waals surface area contributed by atoms with Gasteiger partial charge in [0.05, 0.1) is 21.6 Å². The second-order valence-electron chi connectivity index (χ2n) is 16.6. The third-order valence-corrected chi connectivity index (χ3v) is 14.7. The Hall–Kier alpha value is -5.22. The minimum atomic E-state index is -4.54. The summed E-state index contributed by atoms with van der Waals surface area (Å²) in [4.78, 5) is 37.4. The number of pyridine rings is 1. The number of hydrogen-bond donors (Lipinski definition) is 3. The van der Waals surface area contributed by atoms with Gasteiger partial charge in [0, 0.05) is 79.4 Å². The van der Waals surface area contributed by atoms with Gasteiger partial charge in [-0.25, -0.2) is 18.1 Å². The van der Waals surface area contributed by atoms with Crippen LogP contribution in [0.1, 0.15) is 73.3 Å². The van der Waals surface area contributed by atoms with E-state index in [1.54, 1.807) is 24.4 Å². The molecule has 4 aliphatic rings. The number of halogens is 1. The van der Waals surface area contributed by atoms with E-state index in [-0.39, 0.29) is 28.3 Å². The summed E-state index contributed by atoms with van der Waals surface area (Å²) in [6.07, 6.45) is 11.7. The van der Waals surface area contributed by atoms with Gasteiger partial charge >= 0.3 is 0 Å². The number of H-pyrrole nitrogens is 1. The van der Waals surface area contributed by atoms with E-state index in [0.29, 0.717) is 43.2 Å². The monoisotopic (exact) mass is 853 g/mol. The van der Waals surface area contributed by atoms with E-state index in [2.05, 4.69) is 41.9 Å². The Kier molecular flexibility index (Phi) is 11.2. The summed E-state index contributed by atoms with van der Waals surface area (Å²) in [5.41, 5.74) is 2.81. The molecule has 0 radical (unpaired) electrons. The fraction of sp³-hybridized carbons (Fsp3) is 0.409. The molecular formula is C44H48ClN7O7S. The lowest BCUT2D eigenvalue weighted by atomic mass is 9.60. The molecule has 2 aromatic heterocycles. The van der Waals surface area contributed by atoms with Gasteiger partial charge in [-0.1, -0.05) is 29.8 Å². The Morgan fingerprint density at radius 2 is 1.82 bits per heavy atom. The number of carbonyl (C=O) groups is 1. The predicted octanol–water partition coefficient (Wildman–Crippen LogP) is 8.46. The molecule has 1 saturated carbocycles. The summed E-state index contributed by atoms with van der Waals surface area (Å²) in [5.74, 6) is -0.141. The molecule has 5 aromatic rings. The van der Waals surface area contributed by atoms with Crippen molar-refractivity contribution in [3.63, 3.8) is 0 Å². The molecule has 1 amide bonds. The van der Waals surface area contributed by atoms with Crippen molar-refractivity contribution in [2.45, 2.75) is 68.3 Å². The van der Waals surface area contributed by atoms with Crippen molar-refractivity contribution in [1.82, 2.24) is 19.6 Å². The first-order valence-corrected chi connectivity index (χ1v) is 22.6. The molecule has 1 spiro atoms. The number of benzene rings is 3. The van der Waals surface area contributed by atoms with Crippen molar-refractivity contribution < 1.29 is 27.6 Å². The van der Waals surface area contributed by atoms with Crippen molar-refractivity contribution in [3.05, 3.63) is 111 Å². The van der Waals surface area contributed by atoms with Crippen LogP contribution < -0.4 is 19.7 Å². The molecule has 5 heterocycles. The first kappa shape index (κ1) is 40.2. The molecular weight excluding hydrogens is 806 g/mol. The number of anilines is 2. The number of piperidine rings is 1. The average molecular weight is 854 g/mol. The van der Waals surface area contributed by atoms with Crippen LogP contribution in [-0.2, 0) is 14.8 Å². The number of carbonyl (C=O) groups excluding carboxylic acids is 1. The van der Waals surface area contributed by atoms with Crippen LogP contribution in [0.25, 0.3) is 11.0 Å². The highest BCUT2D eigenvalue weighted by Gasteiger charge is 2.50. The van der Waals surface area contributed by atoms with Crippen LogP contribution in [0.3, 0.4) is 0 Å². The zero-order valence-corrected chi connectivity index (χ0v) is 34.7. The van der Waals surface area contributed by atoms with Crippen LogP contribution in [0, 0.1) is 21.4 Å². The molecule has 9 rings (SSSR count). The topological polar surface area (TPSA) is 172 Å². The van der Waals surface area contributed by atoms with Gasteiger partial charge in [0.25, 0.3) is 21.6 Å². The third kappa shape index (κ3) is 8.27. The summed E-state index contributed by atoms with van der Waals surface area (Å²) in [7, 11) is -4.54. The molecule has 3 aromatic carbocycles. The van der Waals surface area contributed by atoms with Crippen molar-refractivity contribution >= 4 is 55.6 Å². The summed E-state index contributed by atoms with van der Waals surface area (Å²) in [5, 5.41) is 16.8. The van der Waals surface area contributed by atoms with E-state index in [0.717, 1.165) is 86.7 Å². The van der Waals surface area contributed by atoms with Crippen molar-refractivity contribution in [1.29, 1.82) is 0 Å². The normalized spacial score (nSPS) is 19.9. The lowest BCUT2D eigenvalue weighted by Gasteiger charge is -2.56. The number of nitrogens with one attached hydrogen (secondary N) is 3. The molecule has 314 valence electrons. The van der Waals surface area contributed by atoms with Crippen molar-refractivity contribution in [3.8, 4) is 11.5 Å². The number of amides is 1. The lowest BCUT2D eigenvalue weighted by molar-refractivity contribution is -0.384. The summed E-state index contributed by atoms with van der Waals surface area (Å²) in [6, 6.07) is 21.5. The predicted molar refractivity (Wildman–Crippen MR) is 229 cm³/mol. The number of hydrogen-bond acceptors (Lipinski definition) is 11. The zero-order valence-electron chi connectivity index (χ0n) is 33.1. The second kappa shape index (κ2) is 16.7. The molecule has 1 aliphatic carbocycles. The van der Waals surface area contributed by atoms with Gasteiger partial charge in [0.2, 0.25) is 0 Å². The van der Waals surface area contributed by atoms with Crippen LogP contribution in [0.5, 0.6) is 11.5 Å². The molecule has 0 bridgehead atoms. The first-order chi connectivity index (χ1) is 29.0. The number of ether oxygens (including phenoxy) is 2. The fourth-order valence-corrected chi connectivity index (χ4v) is 10.9. The number of sulfonamides is 1. The number of aromatic nitrogens is 2. The quantitative estimate of drug-likeness (QED) is 0.0812. The van der Waals surface area contributed by atoms with Gasteiger partial charge in [0.15, 0.2) is 0 Å². The molecule has 3 saturated heterocycles. The zero-order chi connectivity index (χ0) is 41.4. The van der Waals surface area contributed by atoms with Crippen LogP contribution >= 0.6 is 11.6 Å². The van der Waals surface area contributed by atoms with E-state index < -0.39 is 31.4 Å². The first-order valence-electron chi connectivity index (χ1n) is 20.7. The number of aromatic amines is 1. The third-order valence-electron chi connectivity index (χ3n) is 13.0. The maximum absolute atomic E-state index is 13.9. The van der Waals surface area contributed by atoms with E-state index in [1.807, 2.05) is 24.3 Å². The molecule has 16 heteroatoms. The van der Waals surface area contributed by atoms with E-state index in [1.165, 1.54) is 30.3 Å². The molecule has 14 nitrogen and oxygen atoms in total. The highest BCUT2D eigenvalue weighted by Crippen LogP contribution is 2.54. The van der Waals surface area contributed by atoms with Gasteiger partial charge in [-0.05, 0) is 117 Å². The Morgan fingerprint density at radius 1 is 1.02 bits per heavy atom. The molecule has 3 N–H and O–H groups in total. The fourth-order valence-electron chi connectivity index (χ4n) is 9.63. The molecule has 60 heavy (non-hydrogen) atoms. The summed E-state index contributed by atoms with van der Waals surface area (Å²) >= 11 is 6.64. The van der Waals surface area contributed by atoms with E-state index in [4.69, 9.17) is 21.1 Å². The minimum absolute atomic E-state index is 0.0188. The number of fused-ring (bicyclic) bond motifs is 1. The lowest BCUT2D eigenvalue weighted by Crippen LogP contribution is -2.54. The number of nitro benzene ring substituents is 1. The van der Waals surface area contributed by atoms with Gasteiger partial charge in [-0.3, -0.25) is 19.8 Å². The second-order valence-corrected chi connectivity index (χ2v) is 18.7. The van der Waals surface area contributed by atoms with Crippen LogP contribution in [0.4, 0.5) is 17.1 Å². The van der Waals surface area contributed by atoms with Gasteiger partial charge in [-0.15, -0.1) is 0 Å². The van der Waals surface area contributed by atoms with Crippen LogP contribution in [0.2, 0.25) is 5.02 Å².